The second kappa shape index (κ2) is 12.3. The summed E-state index contributed by atoms with van der Waals surface area (Å²) < 4.78 is 5.31. The number of rotatable bonds is 7. The van der Waals surface area contributed by atoms with Crippen molar-refractivity contribution in [1.82, 2.24) is 10.3 Å². The molecule has 0 aromatic carbocycles. The number of amides is 1. The predicted molar refractivity (Wildman–Crippen MR) is 80.5 cm³/mol. The molecule has 3 N–H and O–H groups in total. The van der Waals surface area contributed by atoms with Crippen molar-refractivity contribution in [2.24, 2.45) is 5.73 Å². The van der Waals surface area contributed by atoms with Crippen LogP contribution >= 0.6 is 36.4 Å². The van der Waals surface area contributed by atoms with Gasteiger partial charge in [0.2, 0.25) is 11.8 Å². The van der Waals surface area contributed by atoms with Crippen LogP contribution in [0.5, 0.6) is 5.88 Å². The smallest absolute Gasteiger partial charge is 0.220 e. The molecular weight excluding hydrogens is 312 g/mol. The van der Waals surface area contributed by atoms with Crippen molar-refractivity contribution in [2.45, 2.75) is 12.8 Å². The Hall–Kier alpha value is -0.750. The van der Waals surface area contributed by atoms with E-state index in [0.717, 1.165) is 0 Å². The Balaban J connectivity index is 0. The molecule has 1 rings (SSSR count). The number of hydrogen-bond acceptors (Lipinski definition) is 4. The fourth-order valence-electron chi connectivity index (χ4n) is 1.14. The molecule has 8 heteroatoms. The third-order valence-electron chi connectivity index (χ3n) is 1.98. The Labute approximate surface area is 130 Å². The highest BCUT2D eigenvalue weighted by molar-refractivity contribution is 6.30. The maximum Gasteiger partial charge on any atom is 0.220 e. The topological polar surface area (TPSA) is 77.2 Å². The fraction of sp³-hybridized carbons (Fsp3) is 0.455. The van der Waals surface area contributed by atoms with Crippen LogP contribution in [0.3, 0.4) is 0 Å². The van der Waals surface area contributed by atoms with E-state index in [0.29, 0.717) is 43.4 Å². The lowest BCUT2D eigenvalue weighted by molar-refractivity contribution is -0.121. The molecule has 1 aromatic heterocycles. The molecule has 0 aliphatic carbocycles. The summed E-state index contributed by atoms with van der Waals surface area (Å²) in [6.45, 7) is 1.36. The van der Waals surface area contributed by atoms with Crippen molar-refractivity contribution in [2.75, 3.05) is 19.7 Å². The van der Waals surface area contributed by atoms with Crippen LogP contribution in [0.2, 0.25) is 5.02 Å². The third-order valence-corrected chi connectivity index (χ3v) is 2.21. The van der Waals surface area contributed by atoms with Crippen molar-refractivity contribution in [1.29, 1.82) is 0 Å². The number of carbonyl (C=O) groups excluding carboxylic acids is 1. The maximum atomic E-state index is 11.2. The average Bonchev–Trinajstić information content (AvgIpc) is 2.34. The monoisotopic (exact) mass is 329 g/mol. The molecule has 110 valence electrons. The van der Waals surface area contributed by atoms with Crippen molar-refractivity contribution in [3.8, 4) is 5.88 Å². The van der Waals surface area contributed by atoms with E-state index < -0.39 is 0 Å². The SMILES string of the molecule is Cl.Cl.NCCCC(=O)NCCOc1ccc(Cl)cn1. The Morgan fingerprint density at radius 1 is 1.42 bits per heavy atom. The number of nitrogens with one attached hydrogen (secondary N) is 1. The summed E-state index contributed by atoms with van der Waals surface area (Å²) in [5.41, 5.74) is 5.30. The van der Waals surface area contributed by atoms with Gasteiger partial charge in [0.15, 0.2) is 0 Å². The lowest BCUT2D eigenvalue weighted by atomic mass is 10.3. The first-order valence-corrected chi connectivity index (χ1v) is 5.81. The van der Waals surface area contributed by atoms with E-state index in [2.05, 4.69) is 10.3 Å². The summed E-state index contributed by atoms with van der Waals surface area (Å²) in [5.74, 6) is 0.480. The van der Waals surface area contributed by atoms with Crippen LogP contribution < -0.4 is 15.8 Å². The van der Waals surface area contributed by atoms with E-state index in [1.807, 2.05) is 0 Å². The van der Waals surface area contributed by atoms with E-state index in [4.69, 9.17) is 22.1 Å². The van der Waals surface area contributed by atoms with E-state index in [9.17, 15) is 4.79 Å². The van der Waals surface area contributed by atoms with Gasteiger partial charge in [0.1, 0.15) is 6.61 Å². The zero-order valence-corrected chi connectivity index (χ0v) is 12.7. The zero-order valence-electron chi connectivity index (χ0n) is 10.3. The van der Waals surface area contributed by atoms with Crippen molar-refractivity contribution < 1.29 is 9.53 Å². The van der Waals surface area contributed by atoms with Crippen LogP contribution in [0.1, 0.15) is 12.8 Å². The lowest BCUT2D eigenvalue weighted by Gasteiger charge is -2.06. The molecule has 1 heterocycles. The van der Waals surface area contributed by atoms with Gasteiger partial charge in [-0.1, -0.05) is 11.6 Å². The summed E-state index contributed by atoms with van der Waals surface area (Å²) in [4.78, 5) is 15.2. The van der Waals surface area contributed by atoms with Gasteiger partial charge in [-0.2, -0.15) is 0 Å². The molecule has 1 aromatic rings. The molecule has 0 aliphatic heterocycles. The van der Waals surface area contributed by atoms with Gasteiger partial charge in [-0.25, -0.2) is 4.98 Å². The van der Waals surface area contributed by atoms with Gasteiger partial charge in [0, 0.05) is 18.7 Å². The first-order chi connectivity index (χ1) is 8.22. The van der Waals surface area contributed by atoms with E-state index in [1.54, 1.807) is 12.1 Å². The van der Waals surface area contributed by atoms with Crippen LogP contribution in [0.25, 0.3) is 0 Å². The van der Waals surface area contributed by atoms with Crippen LogP contribution in [0.4, 0.5) is 0 Å². The highest BCUT2D eigenvalue weighted by Crippen LogP contribution is 2.10. The number of ether oxygens (including phenoxy) is 1. The molecule has 0 saturated heterocycles. The van der Waals surface area contributed by atoms with Gasteiger partial charge in [-0.15, -0.1) is 24.8 Å². The van der Waals surface area contributed by atoms with E-state index in [-0.39, 0.29) is 30.7 Å². The molecule has 0 bridgehead atoms. The molecule has 5 nitrogen and oxygen atoms in total. The highest BCUT2D eigenvalue weighted by Gasteiger charge is 2.00. The maximum absolute atomic E-state index is 11.2. The Kier molecular flexibility index (Phi) is 13.3. The Bertz CT molecular complexity index is 350. The molecule has 0 fully saturated rings. The summed E-state index contributed by atoms with van der Waals surface area (Å²) in [6.07, 6.45) is 2.66. The van der Waals surface area contributed by atoms with Gasteiger partial charge in [0.05, 0.1) is 11.6 Å². The second-order valence-corrected chi connectivity index (χ2v) is 3.84. The van der Waals surface area contributed by atoms with Crippen LogP contribution in [-0.4, -0.2) is 30.6 Å². The minimum atomic E-state index is -0.0110. The summed E-state index contributed by atoms with van der Waals surface area (Å²) in [5, 5.41) is 3.29. The number of nitrogens with zero attached hydrogens (tertiary/aromatic N) is 1. The van der Waals surface area contributed by atoms with Crippen molar-refractivity contribution in [3.05, 3.63) is 23.4 Å². The van der Waals surface area contributed by atoms with Gasteiger partial charge in [0.25, 0.3) is 0 Å². The Morgan fingerprint density at radius 2 is 2.16 bits per heavy atom. The molecule has 0 saturated carbocycles. The van der Waals surface area contributed by atoms with Gasteiger partial charge in [-0.05, 0) is 19.0 Å². The van der Waals surface area contributed by atoms with E-state index in [1.165, 1.54) is 6.20 Å². The average molecular weight is 331 g/mol. The van der Waals surface area contributed by atoms with E-state index >= 15 is 0 Å². The summed E-state index contributed by atoms with van der Waals surface area (Å²) in [6, 6.07) is 3.38. The minimum absolute atomic E-state index is 0. The van der Waals surface area contributed by atoms with Crippen LogP contribution in [0, 0.1) is 0 Å². The number of halogens is 3. The molecule has 19 heavy (non-hydrogen) atoms. The predicted octanol–water partition coefficient (Wildman–Crippen LogP) is 1.81. The number of aromatic nitrogens is 1. The van der Waals surface area contributed by atoms with Gasteiger partial charge in [-0.3, -0.25) is 4.79 Å². The summed E-state index contributed by atoms with van der Waals surface area (Å²) in [7, 11) is 0. The number of pyridine rings is 1. The second-order valence-electron chi connectivity index (χ2n) is 3.41. The minimum Gasteiger partial charge on any atom is -0.476 e. The standard InChI is InChI=1S/C11H16ClN3O2.2ClH/c12-9-3-4-11(15-8-9)17-7-6-14-10(16)2-1-5-13;;/h3-4,8H,1-2,5-7,13H2,(H,14,16);2*1H. The quantitative estimate of drug-likeness (QED) is 0.748. The highest BCUT2D eigenvalue weighted by atomic mass is 35.5. The largest absolute Gasteiger partial charge is 0.476 e. The summed E-state index contributed by atoms with van der Waals surface area (Å²) >= 11 is 5.68. The molecule has 0 aliphatic rings. The first-order valence-electron chi connectivity index (χ1n) is 5.43. The van der Waals surface area contributed by atoms with Crippen molar-refractivity contribution >= 4 is 42.3 Å². The van der Waals surface area contributed by atoms with Crippen LogP contribution in [-0.2, 0) is 4.79 Å². The molecule has 0 radical (unpaired) electrons. The van der Waals surface area contributed by atoms with Crippen molar-refractivity contribution in [3.63, 3.8) is 0 Å². The molecular formula is C11H18Cl3N3O2. The van der Waals surface area contributed by atoms with Gasteiger partial charge < -0.3 is 15.8 Å². The molecule has 0 unspecified atom stereocenters. The number of hydrogen-bond donors (Lipinski definition) is 2. The first kappa shape index (κ1) is 20.6. The normalized spacial score (nSPS) is 8.95. The van der Waals surface area contributed by atoms with Crippen LogP contribution in [0.15, 0.2) is 18.3 Å². The zero-order chi connectivity index (χ0) is 12.5. The number of carbonyl (C=O) groups is 1. The molecule has 1 amide bonds. The molecule has 0 atom stereocenters. The van der Waals surface area contributed by atoms with Gasteiger partial charge >= 0.3 is 0 Å². The molecule has 0 spiro atoms. The number of nitrogens with two attached hydrogens (primary N) is 1. The lowest BCUT2D eigenvalue weighted by Crippen LogP contribution is -2.28. The third kappa shape index (κ3) is 9.78. The Morgan fingerprint density at radius 3 is 2.74 bits per heavy atom. The fourth-order valence-corrected chi connectivity index (χ4v) is 1.26.